The van der Waals surface area contributed by atoms with E-state index >= 15 is 0 Å². The molecule has 0 saturated heterocycles. The van der Waals surface area contributed by atoms with Crippen LogP contribution in [0.15, 0.2) is 30.5 Å². The third kappa shape index (κ3) is 3.21. The summed E-state index contributed by atoms with van der Waals surface area (Å²) >= 11 is 5.90. The number of hydrogen-bond donors (Lipinski definition) is 1. The Morgan fingerprint density at radius 3 is 2.95 bits per heavy atom. The first kappa shape index (κ1) is 15.2. The number of anilines is 1. The summed E-state index contributed by atoms with van der Waals surface area (Å²) in [5.74, 6) is 0.0801. The zero-order valence-electron chi connectivity index (χ0n) is 11.7. The van der Waals surface area contributed by atoms with E-state index in [1.165, 1.54) is 4.31 Å². The summed E-state index contributed by atoms with van der Waals surface area (Å²) in [7, 11) is -3.44. The van der Waals surface area contributed by atoms with E-state index in [0.717, 1.165) is 5.56 Å². The van der Waals surface area contributed by atoms with E-state index in [0.29, 0.717) is 29.2 Å². The minimum atomic E-state index is -3.44. The van der Waals surface area contributed by atoms with Crippen molar-refractivity contribution in [2.75, 3.05) is 12.3 Å². The van der Waals surface area contributed by atoms with Crippen molar-refractivity contribution in [1.29, 1.82) is 0 Å². The average molecular weight is 339 g/mol. The lowest BCUT2D eigenvalue weighted by Crippen LogP contribution is -2.37. The Labute approximate surface area is 134 Å². The van der Waals surface area contributed by atoms with Crippen molar-refractivity contribution in [3.05, 3.63) is 52.3 Å². The van der Waals surface area contributed by atoms with E-state index in [1.807, 2.05) is 0 Å². The van der Waals surface area contributed by atoms with E-state index in [-0.39, 0.29) is 18.2 Å². The van der Waals surface area contributed by atoms with E-state index in [9.17, 15) is 8.42 Å². The van der Waals surface area contributed by atoms with Crippen molar-refractivity contribution in [2.24, 2.45) is 0 Å². The van der Waals surface area contributed by atoms with Crippen LogP contribution in [-0.4, -0.2) is 29.2 Å². The number of sulfonamides is 1. The summed E-state index contributed by atoms with van der Waals surface area (Å²) < 4.78 is 26.6. The SMILES string of the molecule is Nc1ncc2c(n1)CN(S(=O)(=O)Cc1cccc(Cl)c1)CC2. The summed E-state index contributed by atoms with van der Waals surface area (Å²) in [6, 6.07) is 6.87. The second-order valence-electron chi connectivity index (χ2n) is 5.17. The molecular weight excluding hydrogens is 324 g/mol. The molecule has 22 heavy (non-hydrogen) atoms. The van der Waals surface area contributed by atoms with Crippen LogP contribution in [0.1, 0.15) is 16.8 Å². The molecule has 6 nitrogen and oxygen atoms in total. The first-order valence-electron chi connectivity index (χ1n) is 6.76. The maximum Gasteiger partial charge on any atom is 0.220 e. The number of halogens is 1. The van der Waals surface area contributed by atoms with Crippen LogP contribution < -0.4 is 5.73 Å². The molecule has 1 aliphatic rings. The van der Waals surface area contributed by atoms with Crippen molar-refractivity contribution in [1.82, 2.24) is 14.3 Å². The Morgan fingerprint density at radius 1 is 1.36 bits per heavy atom. The van der Waals surface area contributed by atoms with Gasteiger partial charge in [0.15, 0.2) is 0 Å². The molecule has 3 rings (SSSR count). The molecule has 2 aromatic rings. The van der Waals surface area contributed by atoms with Crippen LogP contribution in [0.25, 0.3) is 0 Å². The molecule has 116 valence electrons. The number of nitrogens with zero attached hydrogens (tertiary/aromatic N) is 3. The molecule has 0 aliphatic carbocycles. The molecule has 0 saturated carbocycles. The van der Waals surface area contributed by atoms with Gasteiger partial charge in [-0.15, -0.1) is 0 Å². The van der Waals surface area contributed by atoms with Crippen molar-refractivity contribution < 1.29 is 8.42 Å². The zero-order valence-corrected chi connectivity index (χ0v) is 13.3. The molecule has 0 bridgehead atoms. The Bertz CT molecular complexity index is 810. The summed E-state index contributed by atoms with van der Waals surface area (Å²) in [6.07, 6.45) is 2.25. The average Bonchev–Trinajstić information content (AvgIpc) is 2.46. The van der Waals surface area contributed by atoms with Gasteiger partial charge in [0.1, 0.15) is 0 Å². The van der Waals surface area contributed by atoms with Crippen LogP contribution >= 0.6 is 11.6 Å². The lowest BCUT2D eigenvalue weighted by molar-refractivity contribution is 0.384. The molecule has 1 aromatic heterocycles. The highest BCUT2D eigenvalue weighted by Crippen LogP contribution is 2.22. The fourth-order valence-corrected chi connectivity index (χ4v) is 4.15. The predicted octanol–water partition coefficient (Wildman–Crippen LogP) is 1.60. The molecule has 0 spiro atoms. The third-order valence-electron chi connectivity index (χ3n) is 3.56. The lowest BCUT2D eigenvalue weighted by atomic mass is 10.1. The largest absolute Gasteiger partial charge is 0.368 e. The molecular formula is C14H15ClN4O2S. The molecule has 0 radical (unpaired) electrons. The molecule has 8 heteroatoms. The smallest absolute Gasteiger partial charge is 0.220 e. The zero-order chi connectivity index (χ0) is 15.7. The lowest BCUT2D eigenvalue weighted by Gasteiger charge is -2.27. The van der Waals surface area contributed by atoms with E-state index in [4.69, 9.17) is 17.3 Å². The van der Waals surface area contributed by atoms with Crippen LogP contribution in [0.5, 0.6) is 0 Å². The van der Waals surface area contributed by atoms with Gasteiger partial charge < -0.3 is 5.73 Å². The number of fused-ring (bicyclic) bond motifs is 1. The molecule has 0 unspecified atom stereocenters. The number of hydrogen-bond acceptors (Lipinski definition) is 5. The molecule has 2 heterocycles. The summed E-state index contributed by atoms with van der Waals surface area (Å²) in [6.45, 7) is 0.647. The van der Waals surface area contributed by atoms with Gasteiger partial charge in [0, 0.05) is 17.8 Å². The van der Waals surface area contributed by atoms with Crippen molar-refractivity contribution in [3.63, 3.8) is 0 Å². The van der Waals surface area contributed by atoms with Gasteiger partial charge in [0.05, 0.1) is 18.0 Å². The minimum Gasteiger partial charge on any atom is -0.368 e. The first-order valence-corrected chi connectivity index (χ1v) is 8.75. The van der Waals surface area contributed by atoms with Gasteiger partial charge in [0.25, 0.3) is 0 Å². The highest BCUT2D eigenvalue weighted by molar-refractivity contribution is 7.88. The molecule has 0 fully saturated rings. The molecule has 1 aliphatic heterocycles. The molecule has 2 N–H and O–H groups in total. The van der Waals surface area contributed by atoms with E-state index in [2.05, 4.69) is 9.97 Å². The van der Waals surface area contributed by atoms with Gasteiger partial charge in [-0.05, 0) is 29.7 Å². The maximum absolute atomic E-state index is 12.6. The summed E-state index contributed by atoms with van der Waals surface area (Å²) in [4.78, 5) is 8.08. The Kier molecular flexibility index (Phi) is 4.03. The van der Waals surface area contributed by atoms with Gasteiger partial charge in [-0.2, -0.15) is 4.31 Å². The standard InChI is InChI=1S/C14H15ClN4O2S/c15-12-3-1-2-10(6-12)9-22(20,21)19-5-4-11-7-17-14(16)18-13(11)8-19/h1-3,6-7H,4-5,8-9H2,(H2,16,17,18). The van der Waals surface area contributed by atoms with Crippen molar-refractivity contribution in [3.8, 4) is 0 Å². The summed E-state index contributed by atoms with van der Waals surface area (Å²) in [5.41, 5.74) is 7.86. The number of nitrogens with two attached hydrogens (primary N) is 1. The minimum absolute atomic E-state index is 0.0799. The van der Waals surface area contributed by atoms with Gasteiger partial charge >= 0.3 is 0 Å². The van der Waals surface area contributed by atoms with E-state index in [1.54, 1.807) is 30.5 Å². The maximum atomic E-state index is 12.6. The van der Waals surface area contributed by atoms with Crippen molar-refractivity contribution >= 4 is 27.6 Å². The molecule has 0 amide bonds. The monoisotopic (exact) mass is 338 g/mol. The van der Waals surface area contributed by atoms with Crippen LogP contribution in [0.2, 0.25) is 5.02 Å². The predicted molar refractivity (Wildman–Crippen MR) is 84.6 cm³/mol. The number of nitrogen functional groups attached to an aromatic ring is 1. The molecule has 0 atom stereocenters. The highest BCUT2D eigenvalue weighted by Gasteiger charge is 2.28. The van der Waals surface area contributed by atoms with Gasteiger partial charge in [-0.3, -0.25) is 0 Å². The van der Waals surface area contributed by atoms with Crippen LogP contribution in [0.4, 0.5) is 5.95 Å². The van der Waals surface area contributed by atoms with Crippen LogP contribution in [0, 0.1) is 0 Å². The highest BCUT2D eigenvalue weighted by atomic mass is 35.5. The Morgan fingerprint density at radius 2 is 2.18 bits per heavy atom. The number of aromatic nitrogens is 2. The van der Waals surface area contributed by atoms with Crippen LogP contribution in [-0.2, 0) is 28.7 Å². The normalized spacial score (nSPS) is 15.5. The van der Waals surface area contributed by atoms with Crippen LogP contribution in [0.3, 0.4) is 0 Å². The fourth-order valence-electron chi connectivity index (χ4n) is 2.46. The molecule has 1 aromatic carbocycles. The third-order valence-corrected chi connectivity index (χ3v) is 5.59. The quantitative estimate of drug-likeness (QED) is 0.918. The first-order chi connectivity index (χ1) is 10.4. The summed E-state index contributed by atoms with van der Waals surface area (Å²) in [5, 5.41) is 0.525. The Balaban J connectivity index is 1.82. The Hall–Kier alpha value is -1.70. The van der Waals surface area contributed by atoms with Gasteiger partial charge in [-0.1, -0.05) is 23.7 Å². The van der Waals surface area contributed by atoms with Gasteiger partial charge in [-0.25, -0.2) is 18.4 Å². The second kappa shape index (κ2) is 5.83. The number of rotatable bonds is 3. The van der Waals surface area contributed by atoms with Gasteiger partial charge in [0.2, 0.25) is 16.0 Å². The van der Waals surface area contributed by atoms with E-state index < -0.39 is 10.0 Å². The second-order valence-corrected chi connectivity index (χ2v) is 7.58. The topological polar surface area (TPSA) is 89.2 Å². The fraction of sp³-hybridized carbons (Fsp3) is 0.286. The van der Waals surface area contributed by atoms with Crippen molar-refractivity contribution in [2.45, 2.75) is 18.7 Å². The number of benzene rings is 1.